The molecule has 0 N–H and O–H groups in total. The monoisotopic (exact) mass is 326 g/mol. The Hall–Kier alpha value is -1.41. The van der Waals surface area contributed by atoms with E-state index < -0.39 is 9.84 Å². The smallest absolute Gasteiger partial charge is 0.239 e. The van der Waals surface area contributed by atoms with E-state index in [1.807, 2.05) is 13.1 Å². The molecule has 2 aliphatic rings. The number of hydrogen-bond donors (Lipinski definition) is 0. The summed E-state index contributed by atoms with van der Waals surface area (Å²) in [5.74, 6) is 1.23. The number of sulfone groups is 1. The average molecular weight is 326 g/mol. The van der Waals surface area contributed by atoms with Gasteiger partial charge in [-0.05, 0) is 13.3 Å². The van der Waals surface area contributed by atoms with Gasteiger partial charge in [0.1, 0.15) is 5.82 Å². The topological polar surface area (TPSA) is 75.5 Å². The highest BCUT2D eigenvalue weighted by molar-refractivity contribution is 7.91. The van der Waals surface area contributed by atoms with Gasteiger partial charge in [0, 0.05) is 38.6 Å². The highest BCUT2D eigenvalue weighted by atomic mass is 32.2. The van der Waals surface area contributed by atoms with Gasteiger partial charge in [0.15, 0.2) is 9.84 Å². The number of fused-ring (bicyclic) bond motifs is 1. The van der Waals surface area contributed by atoms with E-state index in [1.54, 1.807) is 18.1 Å². The van der Waals surface area contributed by atoms with Crippen molar-refractivity contribution in [2.45, 2.75) is 38.5 Å². The molecule has 7 nitrogen and oxygen atoms in total. The van der Waals surface area contributed by atoms with Crippen LogP contribution >= 0.6 is 0 Å². The van der Waals surface area contributed by atoms with Crippen LogP contribution in [-0.2, 0) is 27.7 Å². The van der Waals surface area contributed by atoms with Crippen LogP contribution in [0.4, 0.5) is 0 Å². The Labute approximate surface area is 130 Å². The van der Waals surface area contributed by atoms with E-state index in [1.165, 1.54) is 0 Å². The van der Waals surface area contributed by atoms with Crippen molar-refractivity contribution in [1.82, 2.24) is 19.4 Å². The fraction of sp³-hybridized carbons (Fsp3) is 0.714. The summed E-state index contributed by atoms with van der Waals surface area (Å²) >= 11 is 0. The molecule has 3 heterocycles. The molecule has 0 saturated carbocycles. The molecule has 2 atom stereocenters. The average Bonchev–Trinajstić information content (AvgIpc) is 3.09. The van der Waals surface area contributed by atoms with Gasteiger partial charge in [-0.1, -0.05) is 0 Å². The largest absolute Gasteiger partial charge is 0.340 e. The molecule has 0 spiro atoms. The number of nitrogens with zero attached hydrogens (tertiary/aromatic N) is 4. The van der Waals surface area contributed by atoms with Crippen molar-refractivity contribution in [1.29, 1.82) is 0 Å². The van der Waals surface area contributed by atoms with Gasteiger partial charge < -0.3 is 9.47 Å². The summed E-state index contributed by atoms with van der Waals surface area (Å²) in [5.41, 5.74) is 0. The van der Waals surface area contributed by atoms with E-state index in [0.29, 0.717) is 13.0 Å². The SMILES string of the molecule is CC(C(=O)N(C)C1CCS(=O)(=O)C1)N1CCn2ccnc2C1. The first-order chi connectivity index (χ1) is 10.4. The maximum atomic E-state index is 12.7. The Morgan fingerprint density at radius 1 is 1.45 bits per heavy atom. The molecule has 3 rings (SSSR count). The van der Waals surface area contributed by atoms with E-state index >= 15 is 0 Å². The maximum absolute atomic E-state index is 12.7. The molecular formula is C14H22N4O3S. The molecule has 1 aromatic heterocycles. The normalized spacial score (nSPS) is 25.6. The Morgan fingerprint density at radius 2 is 2.23 bits per heavy atom. The fourth-order valence-corrected chi connectivity index (χ4v) is 5.01. The predicted octanol–water partition coefficient (Wildman–Crippen LogP) is -0.267. The van der Waals surface area contributed by atoms with Crippen molar-refractivity contribution in [2.24, 2.45) is 0 Å². The summed E-state index contributed by atoms with van der Waals surface area (Å²) in [5, 5.41) is 0. The van der Waals surface area contributed by atoms with Crippen LogP contribution in [-0.4, -0.2) is 70.9 Å². The summed E-state index contributed by atoms with van der Waals surface area (Å²) in [4.78, 5) is 20.7. The summed E-state index contributed by atoms with van der Waals surface area (Å²) in [7, 11) is -1.26. The molecule has 1 saturated heterocycles. The minimum absolute atomic E-state index is 0.0119. The number of carbonyl (C=O) groups is 1. The molecule has 0 radical (unpaired) electrons. The highest BCUT2D eigenvalue weighted by Gasteiger charge is 2.36. The molecule has 22 heavy (non-hydrogen) atoms. The molecule has 0 aliphatic carbocycles. The van der Waals surface area contributed by atoms with Crippen molar-refractivity contribution >= 4 is 15.7 Å². The quantitative estimate of drug-likeness (QED) is 0.764. The molecule has 1 amide bonds. The van der Waals surface area contributed by atoms with Crippen LogP contribution < -0.4 is 0 Å². The molecule has 8 heteroatoms. The zero-order valence-electron chi connectivity index (χ0n) is 13.0. The zero-order valence-corrected chi connectivity index (χ0v) is 13.8. The maximum Gasteiger partial charge on any atom is 0.239 e. The first-order valence-corrected chi connectivity index (χ1v) is 9.41. The van der Waals surface area contributed by atoms with Crippen molar-refractivity contribution in [3.63, 3.8) is 0 Å². The molecule has 1 aromatic rings. The third kappa shape index (κ3) is 2.89. The second-order valence-corrected chi connectivity index (χ2v) is 8.42. The lowest BCUT2D eigenvalue weighted by Crippen LogP contribution is -2.51. The lowest BCUT2D eigenvalue weighted by atomic mass is 10.1. The first-order valence-electron chi connectivity index (χ1n) is 7.58. The van der Waals surface area contributed by atoms with E-state index in [0.717, 1.165) is 18.9 Å². The Balaban J connectivity index is 1.65. The van der Waals surface area contributed by atoms with Gasteiger partial charge in [-0.3, -0.25) is 9.69 Å². The Bertz CT molecular complexity index is 669. The number of aromatic nitrogens is 2. The number of hydrogen-bond acceptors (Lipinski definition) is 5. The second-order valence-electron chi connectivity index (χ2n) is 6.19. The van der Waals surface area contributed by atoms with E-state index in [-0.39, 0.29) is 29.5 Å². The summed E-state index contributed by atoms with van der Waals surface area (Å²) in [6.07, 6.45) is 4.28. The van der Waals surface area contributed by atoms with E-state index in [2.05, 4.69) is 14.5 Å². The van der Waals surface area contributed by atoms with E-state index in [4.69, 9.17) is 0 Å². The zero-order chi connectivity index (χ0) is 15.9. The summed E-state index contributed by atoms with van der Waals surface area (Å²) in [6.45, 7) is 4.17. The Morgan fingerprint density at radius 3 is 2.91 bits per heavy atom. The third-order valence-corrected chi connectivity index (χ3v) is 6.53. The highest BCUT2D eigenvalue weighted by Crippen LogP contribution is 2.20. The standard InChI is InChI=1S/C14H22N4O3S/c1-11(18-7-6-17-5-4-15-13(17)9-18)14(19)16(2)12-3-8-22(20,21)10-12/h4-5,11-12H,3,6-10H2,1-2H3. The van der Waals surface area contributed by atoms with Crippen molar-refractivity contribution in [3.8, 4) is 0 Å². The Kier molecular flexibility index (Phi) is 3.98. The van der Waals surface area contributed by atoms with Crippen LogP contribution in [0.3, 0.4) is 0 Å². The summed E-state index contributed by atoms with van der Waals surface area (Å²) in [6, 6.07) is -0.453. The molecule has 0 bridgehead atoms. The molecule has 122 valence electrons. The van der Waals surface area contributed by atoms with Crippen LogP contribution in [0.15, 0.2) is 12.4 Å². The van der Waals surface area contributed by atoms with Gasteiger partial charge in [0.05, 0.1) is 24.1 Å². The number of likely N-dealkylation sites (N-methyl/N-ethyl adjacent to an activating group) is 1. The molecular weight excluding hydrogens is 304 g/mol. The van der Waals surface area contributed by atoms with Crippen LogP contribution in [0.1, 0.15) is 19.2 Å². The molecule has 2 unspecified atom stereocenters. The van der Waals surface area contributed by atoms with Crippen molar-refractivity contribution < 1.29 is 13.2 Å². The van der Waals surface area contributed by atoms with Crippen LogP contribution in [0.5, 0.6) is 0 Å². The van der Waals surface area contributed by atoms with Crippen LogP contribution in [0, 0.1) is 0 Å². The second kappa shape index (κ2) is 5.66. The minimum atomic E-state index is -2.98. The minimum Gasteiger partial charge on any atom is -0.340 e. The van der Waals surface area contributed by atoms with Crippen LogP contribution in [0.2, 0.25) is 0 Å². The predicted molar refractivity (Wildman–Crippen MR) is 81.9 cm³/mol. The van der Waals surface area contributed by atoms with Gasteiger partial charge in [-0.15, -0.1) is 0 Å². The lowest BCUT2D eigenvalue weighted by molar-refractivity contribution is -0.137. The van der Waals surface area contributed by atoms with Crippen molar-refractivity contribution in [3.05, 3.63) is 18.2 Å². The number of carbonyl (C=O) groups excluding carboxylic acids is 1. The number of rotatable bonds is 3. The number of amides is 1. The molecule has 0 aromatic carbocycles. The van der Waals surface area contributed by atoms with Crippen molar-refractivity contribution in [2.75, 3.05) is 25.1 Å². The molecule has 1 fully saturated rings. The van der Waals surface area contributed by atoms with Gasteiger partial charge >= 0.3 is 0 Å². The van der Waals surface area contributed by atoms with E-state index in [9.17, 15) is 13.2 Å². The van der Waals surface area contributed by atoms with Gasteiger partial charge in [-0.25, -0.2) is 13.4 Å². The third-order valence-electron chi connectivity index (χ3n) is 4.78. The number of imidazole rings is 1. The van der Waals surface area contributed by atoms with Gasteiger partial charge in [-0.2, -0.15) is 0 Å². The van der Waals surface area contributed by atoms with Gasteiger partial charge in [0.2, 0.25) is 5.91 Å². The lowest BCUT2D eigenvalue weighted by Gasteiger charge is -2.35. The molecule has 2 aliphatic heterocycles. The summed E-state index contributed by atoms with van der Waals surface area (Å²) < 4.78 is 25.3. The van der Waals surface area contributed by atoms with Gasteiger partial charge in [0.25, 0.3) is 0 Å². The first kappa shape index (κ1) is 15.5. The fourth-order valence-electron chi connectivity index (χ4n) is 3.23. The van der Waals surface area contributed by atoms with Crippen LogP contribution in [0.25, 0.3) is 0 Å².